The van der Waals surface area contributed by atoms with E-state index in [4.69, 9.17) is 4.74 Å². The van der Waals surface area contributed by atoms with Crippen molar-refractivity contribution in [2.24, 2.45) is 0 Å². The van der Waals surface area contributed by atoms with E-state index >= 15 is 0 Å². The molecule has 0 saturated carbocycles. The van der Waals surface area contributed by atoms with Crippen LogP contribution in [0.15, 0.2) is 18.3 Å². The molecule has 1 N–H and O–H groups in total. The number of hydrogen-bond acceptors (Lipinski definition) is 3. The molecule has 102 valence electrons. The Labute approximate surface area is 113 Å². The van der Waals surface area contributed by atoms with Crippen molar-refractivity contribution < 1.29 is 9.84 Å². The maximum absolute atomic E-state index is 9.84. The Kier molecular flexibility index (Phi) is 3.29. The Morgan fingerprint density at radius 3 is 2.95 bits per heavy atom. The van der Waals surface area contributed by atoms with Crippen LogP contribution < -0.4 is 0 Å². The molecule has 1 saturated heterocycles. The van der Waals surface area contributed by atoms with Crippen molar-refractivity contribution in [3.8, 4) is 0 Å². The topological polar surface area (TPSA) is 47.3 Å². The van der Waals surface area contributed by atoms with Gasteiger partial charge in [0.2, 0.25) is 0 Å². The molecule has 0 bridgehead atoms. The normalized spacial score (nSPS) is 21.7. The maximum Gasteiger partial charge on any atom is 0.150 e. The van der Waals surface area contributed by atoms with E-state index in [1.165, 1.54) is 6.42 Å². The fraction of sp³-hybridized carbons (Fsp3) is 0.533. The lowest BCUT2D eigenvalue weighted by atomic mass is 10.0. The summed E-state index contributed by atoms with van der Waals surface area (Å²) in [6, 6.07) is 4.13. The molecule has 1 aliphatic rings. The molecule has 2 heterocycles. The zero-order chi connectivity index (χ0) is 13.4. The van der Waals surface area contributed by atoms with Gasteiger partial charge in [-0.3, -0.25) is 0 Å². The summed E-state index contributed by atoms with van der Waals surface area (Å²) in [5, 5.41) is 15.4. The average Bonchev–Trinajstić information content (AvgIpc) is 2.81. The van der Waals surface area contributed by atoms with E-state index < -0.39 is 6.10 Å². The Morgan fingerprint density at radius 2 is 2.26 bits per heavy atom. The zero-order valence-electron chi connectivity index (χ0n) is 11.5. The number of aliphatic hydroxyl groups is 1. The van der Waals surface area contributed by atoms with Crippen molar-refractivity contribution in [3.05, 3.63) is 29.5 Å². The molecular weight excluding hydrogens is 240 g/mol. The molecule has 0 amide bonds. The van der Waals surface area contributed by atoms with E-state index in [0.717, 1.165) is 41.5 Å². The van der Waals surface area contributed by atoms with E-state index in [1.54, 1.807) is 6.92 Å². The summed E-state index contributed by atoms with van der Waals surface area (Å²) in [7, 11) is 0. The predicted octanol–water partition coefficient (Wildman–Crippen LogP) is 3.10. The highest BCUT2D eigenvalue weighted by molar-refractivity contribution is 5.80. The minimum Gasteiger partial charge on any atom is -0.389 e. The largest absolute Gasteiger partial charge is 0.389 e. The monoisotopic (exact) mass is 260 g/mol. The second-order valence-corrected chi connectivity index (χ2v) is 5.35. The Bertz CT molecular complexity index is 583. The van der Waals surface area contributed by atoms with Crippen molar-refractivity contribution in [3.63, 3.8) is 0 Å². The molecule has 19 heavy (non-hydrogen) atoms. The second-order valence-electron chi connectivity index (χ2n) is 5.35. The maximum atomic E-state index is 9.84. The first-order chi connectivity index (χ1) is 9.16. The molecule has 0 radical (unpaired) electrons. The standard InChI is InChI=1S/C15H20N2O2/c1-10-7-12-9-16-17(15-5-3-4-6-19-15)14(12)8-13(10)11(2)18/h7-9,11,15,18H,3-6H2,1-2H3. The molecule has 1 aromatic carbocycles. The molecule has 1 aliphatic heterocycles. The molecule has 3 rings (SSSR count). The highest BCUT2D eigenvalue weighted by Gasteiger charge is 2.19. The first-order valence-corrected chi connectivity index (χ1v) is 6.94. The van der Waals surface area contributed by atoms with E-state index in [1.807, 2.05) is 23.9 Å². The molecule has 1 fully saturated rings. The number of benzene rings is 1. The van der Waals surface area contributed by atoms with Gasteiger partial charge < -0.3 is 9.84 Å². The van der Waals surface area contributed by atoms with Crippen LogP contribution in [0.2, 0.25) is 0 Å². The number of ether oxygens (including phenoxy) is 1. The molecule has 2 aromatic rings. The van der Waals surface area contributed by atoms with Gasteiger partial charge in [0.1, 0.15) is 0 Å². The van der Waals surface area contributed by atoms with Crippen molar-refractivity contribution in [2.75, 3.05) is 6.61 Å². The lowest BCUT2D eigenvalue weighted by Crippen LogP contribution is -2.19. The fourth-order valence-corrected chi connectivity index (χ4v) is 2.82. The number of rotatable bonds is 2. The number of aromatic nitrogens is 2. The van der Waals surface area contributed by atoms with Gasteiger partial charge in [-0.05, 0) is 56.4 Å². The van der Waals surface area contributed by atoms with Crippen LogP contribution in [0.5, 0.6) is 0 Å². The van der Waals surface area contributed by atoms with Crippen molar-refractivity contribution in [2.45, 2.75) is 45.4 Å². The summed E-state index contributed by atoms with van der Waals surface area (Å²) >= 11 is 0. The highest BCUT2D eigenvalue weighted by Crippen LogP contribution is 2.29. The summed E-state index contributed by atoms with van der Waals surface area (Å²) in [4.78, 5) is 0. The van der Waals surface area contributed by atoms with Gasteiger partial charge in [0.15, 0.2) is 6.23 Å². The number of fused-ring (bicyclic) bond motifs is 1. The van der Waals surface area contributed by atoms with Gasteiger partial charge in [-0.25, -0.2) is 4.68 Å². The smallest absolute Gasteiger partial charge is 0.150 e. The minimum absolute atomic E-state index is 0.0378. The quantitative estimate of drug-likeness (QED) is 0.902. The number of aryl methyl sites for hydroxylation is 1. The van der Waals surface area contributed by atoms with Gasteiger partial charge in [0.05, 0.1) is 17.8 Å². The summed E-state index contributed by atoms with van der Waals surface area (Å²) in [5.41, 5.74) is 3.12. The molecular formula is C15H20N2O2. The molecule has 4 nitrogen and oxygen atoms in total. The van der Waals surface area contributed by atoms with E-state index in [2.05, 4.69) is 11.2 Å². The van der Waals surface area contributed by atoms with Crippen LogP contribution in [0, 0.1) is 6.92 Å². The Morgan fingerprint density at radius 1 is 1.42 bits per heavy atom. The third kappa shape index (κ3) is 2.26. The van der Waals surface area contributed by atoms with Gasteiger partial charge in [0, 0.05) is 12.0 Å². The second kappa shape index (κ2) is 4.94. The first kappa shape index (κ1) is 12.6. The van der Waals surface area contributed by atoms with Crippen LogP contribution in [0.3, 0.4) is 0 Å². The summed E-state index contributed by atoms with van der Waals surface area (Å²) in [6.07, 6.45) is 4.78. The van der Waals surface area contributed by atoms with Gasteiger partial charge in [-0.15, -0.1) is 0 Å². The Balaban J connectivity index is 2.08. The van der Waals surface area contributed by atoms with Gasteiger partial charge in [-0.2, -0.15) is 5.10 Å². The third-order valence-electron chi connectivity index (χ3n) is 3.86. The average molecular weight is 260 g/mol. The van der Waals surface area contributed by atoms with Gasteiger partial charge >= 0.3 is 0 Å². The summed E-state index contributed by atoms with van der Waals surface area (Å²) in [5.74, 6) is 0. The number of nitrogens with zero attached hydrogens (tertiary/aromatic N) is 2. The lowest BCUT2D eigenvalue weighted by Gasteiger charge is -2.23. The van der Waals surface area contributed by atoms with Crippen LogP contribution in [-0.4, -0.2) is 21.5 Å². The SMILES string of the molecule is Cc1cc2cnn(C3CCCCO3)c2cc1C(C)O. The lowest BCUT2D eigenvalue weighted by molar-refractivity contribution is -0.0366. The number of aliphatic hydroxyl groups excluding tert-OH is 1. The first-order valence-electron chi connectivity index (χ1n) is 6.94. The van der Waals surface area contributed by atoms with Crippen LogP contribution in [-0.2, 0) is 4.74 Å². The summed E-state index contributed by atoms with van der Waals surface area (Å²) < 4.78 is 7.76. The summed E-state index contributed by atoms with van der Waals surface area (Å²) in [6.45, 7) is 4.63. The molecule has 0 aliphatic carbocycles. The molecule has 4 heteroatoms. The highest BCUT2D eigenvalue weighted by atomic mass is 16.5. The van der Waals surface area contributed by atoms with Crippen LogP contribution >= 0.6 is 0 Å². The van der Waals surface area contributed by atoms with Crippen molar-refractivity contribution >= 4 is 10.9 Å². The predicted molar refractivity (Wildman–Crippen MR) is 73.9 cm³/mol. The van der Waals surface area contributed by atoms with E-state index in [9.17, 15) is 5.11 Å². The molecule has 2 atom stereocenters. The molecule has 2 unspecified atom stereocenters. The molecule has 0 spiro atoms. The minimum atomic E-state index is -0.458. The van der Waals surface area contributed by atoms with Crippen LogP contribution in [0.25, 0.3) is 10.9 Å². The Hall–Kier alpha value is -1.39. The van der Waals surface area contributed by atoms with E-state index in [0.29, 0.717) is 0 Å². The third-order valence-corrected chi connectivity index (χ3v) is 3.86. The molecule has 1 aromatic heterocycles. The van der Waals surface area contributed by atoms with Crippen LogP contribution in [0.4, 0.5) is 0 Å². The van der Waals surface area contributed by atoms with Gasteiger partial charge in [-0.1, -0.05) is 0 Å². The van der Waals surface area contributed by atoms with E-state index in [-0.39, 0.29) is 6.23 Å². The zero-order valence-corrected chi connectivity index (χ0v) is 11.5. The number of hydrogen-bond donors (Lipinski definition) is 1. The van der Waals surface area contributed by atoms with Gasteiger partial charge in [0.25, 0.3) is 0 Å². The van der Waals surface area contributed by atoms with Crippen molar-refractivity contribution in [1.29, 1.82) is 0 Å². The van der Waals surface area contributed by atoms with Crippen molar-refractivity contribution in [1.82, 2.24) is 9.78 Å². The van der Waals surface area contributed by atoms with Crippen LogP contribution in [0.1, 0.15) is 49.6 Å². The fourth-order valence-electron chi connectivity index (χ4n) is 2.82.